The first-order valence-corrected chi connectivity index (χ1v) is 6.63. The van der Waals surface area contributed by atoms with Crippen LogP contribution in [-0.2, 0) is 11.2 Å². The smallest absolute Gasteiger partial charge is 0.224 e. The molecule has 1 aromatic heterocycles. The van der Waals surface area contributed by atoms with Gasteiger partial charge < -0.3 is 10.6 Å². The maximum atomic E-state index is 11.7. The topological polar surface area (TPSA) is 54.0 Å². The molecule has 1 fully saturated rings. The van der Waals surface area contributed by atoms with E-state index >= 15 is 0 Å². The summed E-state index contributed by atoms with van der Waals surface area (Å²) in [6, 6.07) is 3.90. The van der Waals surface area contributed by atoms with Crippen molar-refractivity contribution < 1.29 is 4.79 Å². The van der Waals surface area contributed by atoms with Gasteiger partial charge in [-0.25, -0.2) is 0 Å². The van der Waals surface area contributed by atoms with E-state index in [1.807, 2.05) is 19.1 Å². The summed E-state index contributed by atoms with van der Waals surface area (Å²) in [7, 11) is 0. The number of rotatable bonds is 5. The van der Waals surface area contributed by atoms with Gasteiger partial charge in [-0.3, -0.25) is 9.78 Å². The minimum atomic E-state index is 0.0895. The highest BCUT2D eigenvalue weighted by atomic mass is 16.1. The van der Waals surface area contributed by atoms with Crippen molar-refractivity contribution in [1.82, 2.24) is 15.6 Å². The van der Waals surface area contributed by atoms with Gasteiger partial charge in [-0.05, 0) is 50.4 Å². The monoisotopic (exact) mass is 247 g/mol. The van der Waals surface area contributed by atoms with Crippen molar-refractivity contribution in [1.29, 1.82) is 0 Å². The van der Waals surface area contributed by atoms with Crippen LogP contribution in [0, 0.1) is 12.8 Å². The summed E-state index contributed by atoms with van der Waals surface area (Å²) < 4.78 is 0. The molecule has 2 N–H and O–H groups in total. The zero-order valence-electron chi connectivity index (χ0n) is 10.9. The lowest BCUT2D eigenvalue weighted by atomic mass is 10.1. The molecule has 0 spiro atoms. The average molecular weight is 247 g/mol. The lowest BCUT2D eigenvalue weighted by molar-refractivity contribution is -0.120. The van der Waals surface area contributed by atoms with Crippen LogP contribution in [0.3, 0.4) is 0 Å². The van der Waals surface area contributed by atoms with E-state index in [0.717, 1.165) is 43.2 Å². The summed E-state index contributed by atoms with van der Waals surface area (Å²) in [5.41, 5.74) is 1.95. The summed E-state index contributed by atoms with van der Waals surface area (Å²) in [4.78, 5) is 15.9. The standard InChI is InChI=1S/C14H21N3O/c1-11-2-3-13(10-17-11)8-14(18)16-7-5-12-4-6-15-9-12/h2-3,10,12,15H,4-9H2,1H3,(H,16,18). The summed E-state index contributed by atoms with van der Waals surface area (Å²) >= 11 is 0. The number of hydrogen-bond donors (Lipinski definition) is 2. The predicted octanol–water partition coefficient (Wildman–Crippen LogP) is 1.05. The van der Waals surface area contributed by atoms with Crippen molar-refractivity contribution in [3.05, 3.63) is 29.6 Å². The minimum Gasteiger partial charge on any atom is -0.356 e. The number of amides is 1. The van der Waals surface area contributed by atoms with E-state index in [-0.39, 0.29) is 5.91 Å². The Morgan fingerprint density at radius 3 is 3.11 bits per heavy atom. The molecule has 0 saturated carbocycles. The molecule has 1 amide bonds. The second kappa shape index (κ2) is 6.50. The fourth-order valence-corrected chi connectivity index (χ4v) is 2.23. The first-order chi connectivity index (χ1) is 8.74. The molecule has 4 heteroatoms. The Morgan fingerprint density at radius 2 is 2.44 bits per heavy atom. The number of hydrogen-bond acceptors (Lipinski definition) is 3. The second-order valence-electron chi connectivity index (χ2n) is 4.98. The average Bonchev–Trinajstić information content (AvgIpc) is 2.85. The Hall–Kier alpha value is -1.42. The van der Waals surface area contributed by atoms with Gasteiger partial charge in [-0.15, -0.1) is 0 Å². The molecule has 98 valence electrons. The van der Waals surface area contributed by atoms with Gasteiger partial charge in [-0.1, -0.05) is 6.07 Å². The summed E-state index contributed by atoms with van der Waals surface area (Å²) in [6.07, 6.45) is 4.51. The molecule has 1 aliphatic heterocycles. The quantitative estimate of drug-likeness (QED) is 0.817. The van der Waals surface area contributed by atoms with E-state index in [1.165, 1.54) is 6.42 Å². The van der Waals surface area contributed by atoms with Crippen LogP contribution in [0.4, 0.5) is 0 Å². The molecule has 2 heterocycles. The number of carbonyl (C=O) groups is 1. The third-order valence-corrected chi connectivity index (χ3v) is 3.37. The fourth-order valence-electron chi connectivity index (χ4n) is 2.23. The van der Waals surface area contributed by atoms with Gasteiger partial charge in [0, 0.05) is 18.4 Å². The third kappa shape index (κ3) is 4.11. The summed E-state index contributed by atoms with van der Waals surface area (Å²) in [5.74, 6) is 0.818. The third-order valence-electron chi connectivity index (χ3n) is 3.37. The number of nitrogens with one attached hydrogen (secondary N) is 2. The zero-order valence-corrected chi connectivity index (χ0v) is 10.9. The molecule has 0 radical (unpaired) electrons. The SMILES string of the molecule is Cc1ccc(CC(=O)NCCC2CCNC2)cn1. The molecule has 2 rings (SSSR count). The predicted molar refractivity (Wildman–Crippen MR) is 71.3 cm³/mol. The molecule has 1 unspecified atom stereocenters. The van der Waals surface area contributed by atoms with E-state index in [4.69, 9.17) is 0 Å². The van der Waals surface area contributed by atoms with E-state index in [2.05, 4.69) is 15.6 Å². The number of carbonyl (C=O) groups excluding carboxylic acids is 1. The highest BCUT2D eigenvalue weighted by molar-refractivity contribution is 5.78. The molecule has 4 nitrogen and oxygen atoms in total. The second-order valence-corrected chi connectivity index (χ2v) is 4.98. The Morgan fingerprint density at radius 1 is 1.56 bits per heavy atom. The van der Waals surface area contributed by atoms with Gasteiger partial charge in [0.2, 0.25) is 5.91 Å². The molecule has 18 heavy (non-hydrogen) atoms. The molecule has 1 atom stereocenters. The largest absolute Gasteiger partial charge is 0.356 e. The molecular weight excluding hydrogens is 226 g/mol. The summed E-state index contributed by atoms with van der Waals surface area (Å²) in [6.45, 7) is 4.94. The molecule has 0 aromatic carbocycles. The number of aromatic nitrogens is 1. The van der Waals surface area contributed by atoms with Gasteiger partial charge in [0.25, 0.3) is 0 Å². The molecule has 0 bridgehead atoms. The number of nitrogens with zero attached hydrogens (tertiary/aromatic N) is 1. The van der Waals surface area contributed by atoms with Crippen LogP contribution in [0.25, 0.3) is 0 Å². The summed E-state index contributed by atoms with van der Waals surface area (Å²) in [5, 5.41) is 6.31. The van der Waals surface area contributed by atoms with Crippen molar-refractivity contribution in [3.8, 4) is 0 Å². The van der Waals surface area contributed by atoms with Gasteiger partial charge >= 0.3 is 0 Å². The number of aryl methyl sites for hydroxylation is 1. The van der Waals surface area contributed by atoms with Crippen LogP contribution < -0.4 is 10.6 Å². The van der Waals surface area contributed by atoms with Crippen molar-refractivity contribution in [3.63, 3.8) is 0 Å². The first kappa shape index (κ1) is 13.0. The minimum absolute atomic E-state index is 0.0895. The van der Waals surface area contributed by atoms with Gasteiger partial charge in [0.1, 0.15) is 0 Å². The van der Waals surface area contributed by atoms with Crippen LogP contribution in [0.1, 0.15) is 24.1 Å². The van der Waals surface area contributed by atoms with Crippen LogP contribution >= 0.6 is 0 Å². The maximum Gasteiger partial charge on any atom is 0.224 e. The highest BCUT2D eigenvalue weighted by Crippen LogP contribution is 2.10. The number of pyridine rings is 1. The van der Waals surface area contributed by atoms with Crippen molar-refractivity contribution in [2.45, 2.75) is 26.2 Å². The van der Waals surface area contributed by atoms with Crippen molar-refractivity contribution >= 4 is 5.91 Å². The maximum absolute atomic E-state index is 11.7. The molecule has 1 aromatic rings. The van der Waals surface area contributed by atoms with Crippen LogP contribution in [0.15, 0.2) is 18.3 Å². The van der Waals surface area contributed by atoms with Crippen LogP contribution in [0.5, 0.6) is 0 Å². The van der Waals surface area contributed by atoms with E-state index in [0.29, 0.717) is 6.42 Å². The molecule has 1 saturated heterocycles. The fraction of sp³-hybridized carbons (Fsp3) is 0.571. The first-order valence-electron chi connectivity index (χ1n) is 6.63. The zero-order chi connectivity index (χ0) is 12.8. The van der Waals surface area contributed by atoms with Gasteiger partial charge in [-0.2, -0.15) is 0 Å². The van der Waals surface area contributed by atoms with Gasteiger partial charge in [0.15, 0.2) is 0 Å². The van der Waals surface area contributed by atoms with Gasteiger partial charge in [0.05, 0.1) is 6.42 Å². The Kier molecular flexibility index (Phi) is 4.70. The lowest BCUT2D eigenvalue weighted by Gasteiger charge is -2.09. The Labute approximate surface area is 108 Å². The highest BCUT2D eigenvalue weighted by Gasteiger charge is 2.14. The van der Waals surface area contributed by atoms with Crippen molar-refractivity contribution in [2.24, 2.45) is 5.92 Å². The van der Waals surface area contributed by atoms with E-state index in [9.17, 15) is 4.79 Å². The molecular formula is C14H21N3O. The molecule has 0 aliphatic carbocycles. The molecule has 1 aliphatic rings. The van der Waals surface area contributed by atoms with Crippen LogP contribution in [0.2, 0.25) is 0 Å². The Balaban J connectivity index is 1.66. The van der Waals surface area contributed by atoms with Crippen LogP contribution in [-0.4, -0.2) is 30.5 Å². The van der Waals surface area contributed by atoms with E-state index < -0.39 is 0 Å². The van der Waals surface area contributed by atoms with E-state index in [1.54, 1.807) is 6.20 Å². The normalized spacial score (nSPS) is 18.8. The lowest BCUT2D eigenvalue weighted by Crippen LogP contribution is -2.27. The Bertz CT molecular complexity index is 383. The van der Waals surface area contributed by atoms with Crippen molar-refractivity contribution in [2.75, 3.05) is 19.6 Å².